The summed E-state index contributed by atoms with van der Waals surface area (Å²) in [5, 5.41) is 0. The van der Waals surface area contributed by atoms with Gasteiger partial charge in [0.25, 0.3) is 0 Å². The van der Waals surface area contributed by atoms with E-state index in [1.807, 2.05) is 6.92 Å². The van der Waals surface area contributed by atoms with Crippen LogP contribution < -0.4 is 0 Å². The van der Waals surface area contributed by atoms with Crippen LogP contribution in [0.15, 0.2) is 0 Å². The molecule has 0 saturated heterocycles. The fourth-order valence-corrected chi connectivity index (χ4v) is 2.38. The first-order valence-corrected chi connectivity index (χ1v) is 4.80. The third kappa shape index (κ3) is 1.96. The second-order valence-corrected chi connectivity index (χ2v) is 4.41. The molecular weight excluding hydrogens is 158 g/mol. The van der Waals surface area contributed by atoms with Crippen LogP contribution in [0.1, 0.15) is 33.6 Å². The second-order valence-electron chi connectivity index (χ2n) is 4.41. The highest BCUT2D eigenvalue weighted by atomic mass is 19.3. The van der Waals surface area contributed by atoms with Gasteiger partial charge in [0, 0.05) is 5.92 Å². The fourth-order valence-electron chi connectivity index (χ4n) is 2.38. The van der Waals surface area contributed by atoms with Gasteiger partial charge in [0.05, 0.1) is 0 Å². The maximum Gasteiger partial charge on any atom is 0.241 e. The molecule has 4 unspecified atom stereocenters. The maximum absolute atomic E-state index is 12.5. The van der Waals surface area contributed by atoms with E-state index in [1.165, 1.54) is 0 Å². The predicted octanol–water partition coefficient (Wildman–Crippen LogP) is 3.57. The van der Waals surface area contributed by atoms with E-state index in [0.29, 0.717) is 18.3 Å². The van der Waals surface area contributed by atoms with Crippen molar-refractivity contribution in [3.8, 4) is 0 Å². The number of alkyl halides is 2. The number of rotatable bonds is 1. The SMILES string of the molecule is CC1CC(C)C(C)C(C(F)F)C1. The summed E-state index contributed by atoms with van der Waals surface area (Å²) in [5.41, 5.74) is 0. The highest BCUT2D eigenvalue weighted by molar-refractivity contribution is 4.81. The van der Waals surface area contributed by atoms with E-state index in [1.54, 1.807) is 0 Å². The number of halogens is 2. The Kier molecular flexibility index (Phi) is 3.08. The Bertz CT molecular complexity index is 145. The molecule has 1 aliphatic rings. The van der Waals surface area contributed by atoms with Crippen molar-refractivity contribution < 1.29 is 8.78 Å². The Morgan fingerprint density at radius 3 is 2.17 bits per heavy atom. The fraction of sp³-hybridized carbons (Fsp3) is 1.00. The maximum atomic E-state index is 12.5. The molecule has 0 aromatic heterocycles. The van der Waals surface area contributed by atoms with Crippen molar-refractivity contribution in [1.82, 2.24) is 0 Å². The Hall–Kier alpha value is -0.140. The first kappa shape index (κ1) is 9.94. The highest BCUT2D eigenvalue weighted by Crippen LogP contribution is 2.40. The predicted molar refractivity (Wildman–Crippen MR) is 46.2 cm³/mol. The molecule has 1 fully saturated rings. The van der Waals surface area contributed by atoms with Gasteiger partial charge in [0.1, 0.15) is 0 Å². The Labute approximate surface area is 73.3 Å². The number of hydrogen-bond donors (Lipinski definition) is 0. The minimum Gasteiger partial charge on any atom is -0.210 e. The largest absolute Gasteiger partial charge is 0.241 e. The third-order valence-corrected chi connectivity index (χ3v) is 3.35. The minimum atomic E-state index is -2.12. The van der Waals surface area contributed by atoms with Crippen LogP contribution >= 0.6 is 0 Å². The lowest BCUT2D eigenvalue weighted by molar-refractivity contribution is -0.00679. The molecule has 4 atom stereocenters. The van der Waals surface area contributed by atoms with Crippen molar-refractivity contribution in [3.63, 3.8) is 0 Å². The van der Waals surface area contributed by atoms with Crippen molar-refractivity contribution in [2.75, 3.05) is 0 Å². The summed E-state index contributed by atoms with van der Waals surface area (Å²) in [7, 11) is 0. The van der Waals surface area contributed by atoms with Crippen molar-refractivity contribution in [3.05, 3.63) is 0 Å². The Morgan fingerprint density at radius 2 is 1.67 bits per heavy atom. The molecule has 0 radical (unpaired) electrons. The first-order valence-electron chi connectivity index (χ1n) is 4.80. The van der Waals surface area contributed by atoms with E-state index < -0.39 is 6.43 Å². The van der Waals surface area contributed by atoms with Gasteiger partial charge in [-0.2, -0.15) is 0 Å². The van der Waals surface area contributed by atoms with Gasteiger partial charge in [-0.25, -0.2) is 8.78 Å². The van der Waals surface area contributed by atoms with Crippen LogP contribution in [0.2, 0.25) is 0 Å². The van der Waals surface area contributed by atoms with E-state index >= 15 is 0 Å². The van der Waals surface area contributed by atoms with Crippen molar-refractivity contribution in [1.29, 1.82) is 0 Å². The molecule has 72 valence electrons. The first-order chi connectivity index (χ1) is 5.52. The lowest BCUT2D eigenvalue weighted by atomic mass is 9.70. The summed E-state index contributed by atoms with van der Waals surface area (Å²) < 4.78 is 25.0. The van der Waals surface area contributed by atoms with Gasteiger partial charge >= 0.3 is 0 Å². The lowest BCUT2D eigenvalue weighted by Gasteiger charge is -2.37. The Morgan fingerprint density at radius 1 is 1.08 bits per heavy atom. The van der Waals surface area contributed by atoms with Crippen molar-refractivity contribution in [2.45, 2.75) is 40.0 Å². The zero-order chi connectivity index (χ0) is 9.30. The topological polar surface area (TPSA) is 0 Å². The van der Waals surface area contributed by atoms with Gasteiger partial charge < -0.3 is 0 Å². The standard InChI is InChI=1S/C10H18F2/c1-6-4-7(2)8(3)9(5-6)10(11)12/h6-10H,4-5H2,1-3H3. The normalized spacial score (nSPS) is 43.5. The molecule has 0 amide bonds. The molecule has 0 aromatic carbocycles. The van der Waals surface area contributed by atoms with Crippen molar-refractivity contribution in [2.24, 2.45) is 23.7 Å². The third-order valence-electron chi connectivity index (χ3n) is 3.35. The van der Waals surface area contributed by atoms with Crippen LogP contribution in [0.4, 0.5) is 8.78 Å². The van der Waals surface area contributed by atoms with Crippen LogP contribution in [0, 0.1) is 23.7 Å². The van der Waals surface area contributed by atoms with E-state index in [9.17, 15) is 8.78 Å². The van der Waals surface area contributed by atoms with E-state index in [0.717, 1.165) is 6.42 Å². The molecule has 1 rings (SSSR count). The molecular formula is C10H18F2. The van der Waals surface area contributed by atoms with E-state index in [-0.39, 0.29) is 11.8 Å². The van der Waals surface area contributed by atoms with Gasteiger partial charge in [-0.15, -0.1) is 0 Å². The summed E-state index contributed by atoms with van der Waals surface area (Å²) in [5.74, 6) is 0.785. The average Bonchev–Trinajstić information content (AvgIpc) is 1.96. The van der Waals surface area contributed by atoms with Gasteiger partial charge in [-0.05, 0) is 30.6 Å². The molecule has 0 heterocycles. The number of hydrogen-bond acceptors (Lipinski definition) is 0. The monoisotopic (exact) mass is 176 g/mol. The lowest BCUT2D eigenvalue weighted by Crippen LogP contribution is -2.32. The van der Waals surface area contributed by atoms with Gasteiger partial charge in [-0.3, -0.25) is 0 Å². The van der Waals surface area contributed by atoms with Crippen LogP contribution in [-0.2, 0) is 0 Å². The van der Waals surface area contributed by atoms with Gasteiger partial charge in [0.15, 0.2) is 0 Å². The molecule has 2 heteroatoms. The summed E-state index contributed by atoms with van der Waals surface area (Å²) in [6.45, 7) is 6.14. The zero-order valence-electron chi connectivity index (χ0n) is 8.06. The van der Waals surface area contributed by atoms with Crippen LogP contribution in [0.5, 0.6) is 0 Å². The molecule has 0 bridgehead atoms. The Balaban J connectivity index is 2.60. The summed E-state index contributed by atoms with van der Waals surface area (Å²) >= 11 is 0. The summed E-state index contributed by atoms with van der Waals surface area (Å²) in [6, 6.07) is 0. The van der Waals surface area contributed by atoms with E-state index in [2.05, 4.69) is 13.8 Å². The molecule has 0 aromatic rings. The second kappa shape index (κ2) is 3.71. The summed E-state index contributed by atoms with van der Waals surface area (Å²) in [4.78, 5) is 0. The van der Waals surface area contributed by atoms with Crippen molar-refractivity contribution >= 4 is 0 Å². The quantitative estimate of drug-likeness (QED) is 0.573. The summed E-state index contributed by atoms with van der Waals surface area (Å²) in [6.07, 6.45) is -0.293. The molecule has 12 heavy (non-hydrogen) atoms. The molecule has 1 aliphatic carbocycles. The zero-order valence-corrected chi connectivity index (χ0v) is 8.06. The van der Waals surface area contributed by atoms with Gasteiger partial charge in [0.2, 0.25) is 6.43 Å². The van der Waals surface area contributed by atoms with Crippen LogP contribution in [-0.4, -0.2) is 6.43 Å². The minimum absolute atomic E-state index is 0.196. The van der Waals surface area contributed by atoms with E-state index in [4.69, 9.17) is 0 Å². The highest BCUT2D eigenvalue weighted by Gasteiger charge is 2.35. The molecule has 1 saturated carbocycles. The smallest absolute Gasteiger partial charge is 0.210 e. The van der Waals surface area contributed by atoms with Crippen LogP contribution in [0.3, 0.4) is 0 Å². The average molecular weight is 176 g/mol. The molecule has 0 nitrogen and oxygen atoms in total. The van der Waals surface area contributed by atoms with Gasteiger partial charge in [-0.1, -0.05) is 20.8 Å². The molecule has 0 spiro atoms. The van der Waals surface area contributed by atoms with Crippen LogP contribution in [0.25, 0.3) is 0 Å². The molecule has 0 aliphatic heterocycles. The molecule has 0 N–H and O–H groups in total.